The van der Waals surface area contributed by atoms with Crippen LogP contribution in [-0.4, -0.2) is 49.3 Å². The van der Waals surface area contributed by atoms with Gasteiger partial charge >= 0.3 is 19.8 Å². The molecule has 0 aromatic heterocycles. The van der Waals surface area contributed by atoms with E-state index in [9.17, 15) is 19.0 Å². The molecule has 0 aromatic carbocycles. The summed E-state index contributed by atoms with van der Waals surface area (Å²) >= 11 is 0. The molecule has 9 nitrogen and oxygen atoms in total. The lowest BCUT2D eigenvalue weighted by Crippen LogP contribution is -2.29. The highest BCUT2D eigenvalue weighted by Gasteiger charge is 2.26. The summed E-state index contributed by atoms with van der Waals surface area (Å²) in [5.41, 5.74) is 5.36. The van der Waals surface area contributed by atoms with Crippen molar-refractivity contribution in [3.05, 3.63) is 12.2 Å². The van der Waals surface area contributed by atoms with Crippen LogP contribution < -0.4 is 5.73 Å². The standard InChI is InChI=1S/C47H92NO8P/c1-3-5-7-9-11-13-15-17-19-20-21-22-23-24-26-28-30-32-34-36-38-40-47(50)56-45(44-55-57(51,52)54-42-41-48)43-53-46(49)39-37-35-33-31-29-27-25-18-16-14-12-10-8-6-4-2/h10,12,45H,3-9,11,13-44,48H2,1-2H3,(H,51,52)/b12-10+/t45-/m1/s1. The van der Waals surface area contributed by atoms with Crippen molar-refractivity contribution in [3.8, 4) is 0 Å². The van der Waals surface area contributed by atoms with Gasteiger partial charge in [-0.25, -0.2) is 4.57 Å². The van der Waals surface area contributed by atoms with E-state index in [0.717, 1.165) is 32.1 Å². The summed E-state index contributed by atoms with van der Waals surface area (Å²) in [6.07, 6.45) is 46.7. The van der Waals surface area contributed by atoms with E-state index in [1.54, 1.807) is 0 Å². The molecule has 3 N–H and O–H groups in total. The molecule has 0 rings (SSSR count). The molecule has 57 heavy (non-hydrogen) atoms. The van der Waals surface area contributed by atoms with Crippen molar-refractivity contribution in [3.63, 3.8) is 0 Å². The Labute approximate surface area is 351 Å². The van der Waals surface area contributed by atoms with E-state index in [4.69, 9.17) is 24.3 Å². The largest absolute Gasteiger partial charge is 0.472 e. The predicted octanol–water partition coefficient (Wildman–Crippen LogP) is 14.2. The van der Waals surface area contributed by atoms with Crippen LogP contribution in [0.4, 0.5) is 0 Å². The number of hydrogen-bond donors (Lipinski definition) is 2. The first-order chi connectivity index (χ1) is 27.8. The van der Waals surface area contributed by atoms with Crippen LogP contribution in [0.3, 0.4) is 0 Å². The molecule has 2 atom stereocenters. The lowest BCUT2D eigenvalue weighted by atomic mass is 10.0. The van der Waals surface area contributed by atoms with Gasteiger partial charge in [0.1, 0.15) is 6.61 Å². The van der Waals surface area contributed by atoms with Gasteiger partial charge in [0.05, 0.1) is 13.2 Å². The van der Waals surface area contributed by atoms with Gasteiger partial charge in [0.25, 0.3) is 0 Å². The van der Waals surface area contributed by atoms with Crippen LogP contribution in [0.25, 0.3) is 0 Å². The van der Waals surface area contributed by atoms with Gasteiger partial charge in [-0.05, 0) is 32.1 Å². The van der Waals surface area contributed by atoms with Crippen LogP contribution in [0.5, 0.6) is 0 Å². The molecule has 0 saturated heterocycles. The molecule has 0 spiro atoms. The molecule has 0 aliphatic heterocycles. The monoisotopic (exact) mass is 830 g/mol. The maximum absolute atomic E-state index is 12.6. The normalized spacial score (nSPS) is 13.3. The summed E-state index contributed by atoms with van der Waals surface area (Å²) in [5.74, 6) is -0.817. The molecule has 0 fully saturated rings. The number of carbonyl (C=O) groups is 2. The number of nitrogens with two attached hydrogens (primary N) is 1. The van der Waals surface area contributed by atoms with E-state index < -0.39 is 26.5 Å². The molecule has 0 saturated carbocycles. The van der Waals surface area contributed by atoms with Gasteiger partial charge in [-0.2, -0.15) is 0 Å². The molecule has 0 aliphatic rings. The minimum atomic E-state index is -4.37. The zero-order chi connectivity index (χ0) is 41.8. The SMILES string of the molecule is CCCC/C=C/CCCCCCCCCCCC(=O)OC[C@H](COP(=O)(O)OCCN)OC(=O)CCCCCCCCCCCCCCCCCCCCCCC. The van der Waals surface area contributed by atoms with Gasteiger partial charge in [-0.3, -0.25) is 18.6 Å². The van der Waals surface area contributed by atoms with Crippen LogP contribution in [0.15, 0.2) is 12.2 Å². The lowest BCUT2D eigenvalue weighted by Gasteiger charge is -2.19. The van der Waals surface area contributed by atoms with Crippen LogP contribution in [0.2, 0.25) is 0 Å². The Hall–Kier alpha value is -1.25. The van der Waals surface area contributed by atoms with Crippen LogP contribution >= 0.6 is 7.82 Å². The Morgan fingerprint density at radius 1 is 0.509 bits per heavy atom. The topological polar surface area (TPSA) is 134 Å². The molecule has 0 amide bonds. The van der Waals surface area contributed by atoms with Crippen molar-refractivity contribution in [2.75, 3.05) is 26.4 Å². The number of carbonyl (C=O) groups excluding carboxylic acids is 2. The fourth-order valence-electron chi connectivity index (χ4n) is 7.03. The highest BCUT2D eigenvalue weighted by Crippen LogP contribution is 2.43. The molecule has 0 aliphatic carbocycles. The van der Waals surface area contributed by atoms with Gasteiger partial charge < -0.3 is 20.1 Å². The molecular formula is C47H92NO8P. The molecule has 0 bridgehead atoms. The molecule has 0 heterocycles. The van der Waals surface area contributed by atoms with E-state index in [1.807, 2.05) is 0 Å². The summed E-state index contributed by atoms with van der Waals surface area (Å²) in [6, 6.07) is 0. The van der Waals surface area contributed by atoms with Crippen molar-refractivity contribution in [2.45, 2.75) is 251 Å². The molecule has 1 unspecified atom stereocenters. The van der Waals surface area contributed by atoms with Gasteiger partial charge in [0.15, 0.2) is 6.10 Å². The summed E-state index contributed by atoms with van der Waals surface area (Å²) in [5, 5.41) is 0. The number of allylic oxidation sites excluding steroid dienone is 2. The third kappa shape index (κ3) is 44.1. The average molecular weight is 830 g/mol. The Kier molecular flexibility index (Phi) is 43.3. The van der Waals surface area contributed by atoms with Gasteiger partial charge in [0.2, 0.25) is 0 Å². The number of phosphoric acid groups is 1. The predicted molar refractivity (Wildman–Crippen MR) is 238 cm³/mol. The third-order valence-corrected chi connectivity index (χ3v) is 11.6. The molecule has 338 valence electrons. The van der Waals surface area contributed by atoms with Gasteiger partial charge in [-0.1, -0.05) is 212 Å². The Balaban J connectivity index is 4.02. The summed E-state index contributed by atoms with van der Waals surface area (Å²) in [6.45, 7) is 3.75. The first-order valence-corrected chi connectivity index (χ1v) is 25.7. The minimum Gasteiger partial charge on any atom is -0.462 e. The first-order valence-electron chi connectivity index (χ1n) is 24.2. The number of ether oxygens (including phenoxy) is 2. The van der Waals surface area contributed by atoms with E-state index in [-0.39, 0.29) is 38.6 Å². The maximum atomic E-state index is 12.6. The van der Waals surface area contributed by atoms with E-state index in [2.05, 4.69) is 26.0 Å². The number of phosphoric ester groups is 1. The smallest absolute Gasteiger partial charge is 0.462 e. The van der Waals surface area contributed by atoms with Crippen LogP contribution in [0.1, 0.15) is 245 Å². The average Bonchev–Trinajstić information content (AvgIpc) is 3.20. The van der Waals surface area contributed by atoms with E-state index in [1.165, 1.54) is 180 Å². The lowest BCUT2D eigenvalue weighted by molar-refractivity contribution is -0.161. The zero-order valence-corrected chi connectivity index (χ0v) is 38.2. The van der Waals surface area contributed by atoms with Crippen molar-refractivity contribution >= 4 is 19.8 Å². The Morgan fingerprint density at radius 3 is 1.30 bits per heavy atom. The quantitative estimate of drug-likeness (QED) is 0.0266. The minimum absolute atomic E-state index is 0.0563. The van der Waals surface area contributed by atoms with Crippen molar-refractivity contribution < 1.29 is 37.6 Å². The highest BCUT2D eigenvalue weighted by molar-refractivity contribution is 7.47. The fraction of sp³-hybridized carbons (Fsp3) is 0.915. The Bertz CT molecular complexity index is 948. The molecule has 0 radical (unpaired) electrons. The summed E-state index contributed by atoms with van der Waals surface area (Å²) < 4.78 is 32.9. The second kappa shape index (κ2) is 44.3. The van der Waals surface area contributed by atoms with Gasteiger partial charge in [0, 0.05) is 19.4 Å². The van der Waals surface area contributed by atoms with Crippen molar-refractivity contribution in [1.29, 1.82) is 0 Å². The van der Waals surface area contributed by atoms with Crippen molar-refractivity contribution in [1.82, 2.24) is 0 Å². The second-order valence-corrected chi connectivity index (χ2v) is 17.8. The highest BCUT2D eigenvalue weighted by atomic mass is 31.2. The van der Waals surface area contributed by atoms with Crippen molar-refractivity contribution in [2.24, 2.45) is 5.73 Å². The van der Waals surface area contributed by atoms with Gasteiger partial charge in [-0.15, -0.1) is 0 Å². The summed E-state index contributed by atoms with van der Waals surface area (Å²) in [7, 11) is -4.37. The molecule has 10 heteroatoms. The zero-order valence-electron chi connectivity index (χ0n) is 37.3. The third-order valence-electron chi connectivity index (χ3n) is 10.7. The molecular weight excluding hydrogens is 737 g/mol. The first kappa shape index (κ1) is 55.8. The second-order valence-electron chi connectivity index (χ2n) is 16.3. The summed E-state index contributed by atoms with van der Waals surface area (Å²) in [4.78, 5) is 35.0. The number of esters is 2. The Morgan fingerprint density at radius 2 is 0.877 bits per heavy atom. The number of rotatable bonds is 46. The van der Waals surface area contributed by atoms with E-state index in [0.29, 0.717) is 6.42 Å². The van der Waals surface area contributed by atoms with Crippen LogP contribution in [0, 0.1) is 0 Å². The van der Waals surface area contributed by atoms with E-state index >= 15 is 0 Å². The fourth-order valence-corrected chi connectivity index (χ4v) is 7.79. The van der Waals surface area contributed by atoms with Crippen LogP contribution in [-0.2, 0) is 32.7 Å². The number of hydrogen-bond acceptors (Lipinski definition) is 8. The maximum Gasteiger partial charge on any atom is 0.472 e. The number of unbranched alkanes of at least 4 members (excludes halogenated alkanes) is 31. The molecule has 0 aromatic rings.